The smallest absolute Gasteiger partial charge is 0.347 e. The summed E-state index contributed by atoms with van der Waals surface area (Å²) in [7, 11) is 0. The third-order valence-corrected chi connectivity index (χ3v) is 3.97. The Balaban J connectivity index is 1.61. The van der Waals surface area contributed by atoms with Crippen LogP contribution >= 0.6 is 0 Å². The van der Waals surface area contributed by atoms with Crippen molar-refractivity contribution in [3.63, 3.8) is 0 Å². The van der Waals surface area contributed by atoms with Gasteiger partial charge in [0.15, 0.2) is 0 Å². The number of hydrogen-bond acceptors (Lipinski definition) is 4. The zero-order valence-corrected chi connectivity index (χ0v) is 12.8. The third kappa shape index (κ3) is 3.77. The lowest BCUT2D eigenvalue weighted by atomic mass is 10.2. The number of nitrogens with zero attached hydrogens (tertiary/aromatic N) is 3. The van der Waals surface area contributed by atoms with Crippen molar-refractivity contribution in [3.8, 4) is 5.75 Å². The Hall–Kier alpha value is -2.63. The number of likely N-dealkylation sites (tertiary alicyclic amines) is 1. The van der Waals surface area contributed by atoms with Gasteiger partial charge in [0.05, 0.1) is 6.04 Å². The first kappa shape index (κ1) is 15.3. The summed E-state index contributed by atoms with van der Waals surface area (Å²) in [5, 5.41) is 0. The van der Waals surface area contributed by atoms with Gasteiger partial charge in [-0.25, -0.2) is 9.78 Å². The third-order valence-electron chi connectivity index (χ3n) is 3.97. The van der Waals surface area contributed by atoms with Gasteiger partial charge in [0.25, 0.3) is 0 Å². The lowest BCUT2D eigenvalue weighted by Gasteiger charge is -2.25. The van der Waals surface area contributed by atoms with Gasteiger partial charge in [-0.3, -0.25) is 9.36 Å². The predicted octanol–water partition coefficient (Wildman–Crippen LogP) is 1.31. The minimum atomic E-state index is -0.405. The number of rotatable bonds is 5. The average Bonchev–Trinajstić information content (AvgIpc) is 3.05. The fourth-order valence-corrected chi connectivity index (χ4v) is 2.79. The van der Waals surface area contributed by atoms with Crippen molar-refractivity contribution in [1.82, 2.24) is 14.5 Å². The molecule has 3 rings (SSSR count). The van der Waals surface area contributed by atoms with Crippen molar-refractivity contribution in [3.05, 3.63) is 59.3 Å². The molecule has 0 bridgehead atoms. The summed E-state index contributed by atoms with van der Waals surface area (Å²) < 4.78 is 7.10. The number of benzene rings is 1. The summed E-state index contributed by atoms with van der Waals surface area (Å²) in [6.45, 7) is 1.20. The molecule has 1 aromatic carbocycles. The molecule has 1 amide bonds. The molecule has 2 heterocycles. The summed E-state index contributed by atoms with van der Waals surface area (Å²) in [6, 6.07) is 11.3. The van der Waals surface area contributed by atoms with Crippen LogP contribution in [0.2, 0.25) is 0 Å². The Morgan fingerprint density at radius 3 is 2.87 bits per heavy atom. The Kier molecular flexibility index (Phi) is 4.71. The molecule has 0 saturated carbocycles. The van der Waals surface area contributed by atoms with E-state index in [0.717, 1.165) is 18.6 Å². The number of carbonyl (C=O) groups is 1. The molecule has 6 nitrogen and oxygen atoms in total. The van der Waals surface area contributed by atoms with E-state index < -0.39 is 5.69 Å². The van der Waals surface area contributed by atoms with Gasteiger partial charge in [0.1, 0.15) is 18.9 Å². The van der Waals surface area contributed by atoms with Gasteiger partial charge in [-0.05, 0) is 31.0 Å². The van der Waals surface area contributed by atoms with Crippen molar-refractivity contribution in [2.75, 3.05) is 13.2 Å². The van der Waals surface area contributed by atoms with Gasteiger partial charge >= 0.3 is 5.69 Å². The number of hydrogen-bond donors (Lipinski definition) is 0. The van der Waals surface area contributed by atoms with E-state index >= 15 is 0 Å². The van der Waals surface area contributed by atoms with Gasteiger partial charge in [-0.2, -0.15) is 0 Å². The van der Waals surface area contributed by atoms with Crippen molar-refractivity contribution in [1.29, 1.82) is 0 Å². The number of amides is 1. The molecule has 0 N–H and O–H groups in total. The van der Waals surface area contributed by atoms with Gasteiger partial charge in [-0.15, -0.1) is 0 Å². The van der Waals surface area contributed by atoms with Crippen LogP contribution in [0.25, 0.3) is 0 Å². The second-order valence-electron chi connectivity index (χ2n) is 5.54. The molecule has 1 saturated heterocycles. The molecule has 0 spiro atoms. The van der Waals surface area contributed by atoms with Crippen LogP contribution in [-0.2, 0) is 11.3 Å². The van der Waals surface area contributed by atoms with Crippen LogP contribution in [0.15, 0.2) is 53.6 Å². The van der Waals surface area contributed by atoms with E-state index in [1.165, 1.54) is 10.8 Å². The predicted molar refractivity (Wildman–Crippen MR) is 85.2 cm³/mol. The first-order chi connectivity index (χ1) is 11.2. The summed E-state index contributed by atoms with van der Waals surface area (Å²) in [5.41, 5.74) is -0.405. The van der Waals surface area contributed by atoms with Crippen LogP contribution in [0.4, 0.5) is 0 Å². The molecule has 6 heteroatoms. The molecule has 0 aliphatic carbocycles. The Labute approximate surface area is 134 Å². The SMILES string of the molecule is O=C(Cn1cccnc1=O)N1CCC[C@H]1COc1ccccc1. The minimum absolute atomic E-state index is 0.0223. The second kappa shape index (κ2) is 7.09. The maximum absolute atomic E-state index is 12.5. The zero-order chi connectivity index (χ0) is 16.1. The van der Waals surface area contributed by atoms with Crippen LogP contribution in [-0.4, -0.2) is 39.6 Å². The van der Waals surface area contributed by atoms with Crippen LogP contribution in [0.1, 0.15) is 12.8 Å². The minimum Gasteiger partial charge on any atom is -0.491 e. The molecule has 1 fully saturated rings. The van der Waals surface area contributed by atoms with Crippen LogP contribution < -0.4 is 10.4 Å². The van der Waals surface area contributed by atoms with Crippen molar-refractivity contribution >= 4 is 5.91 Å². The molecule has 1 aromatic heterocycles. The normalized spacial score (nSPS) is 17.2. The lowest BCUT2D eigenvalue weighted by molar-refractivity contribution is -0.133. The fraction of sp³-hybridized carbons (Fsp3) is 0.353. The summed E-state index contributed by atoms with van der Waals surface area (Å²) in [5.74, 6) is 0.731. The topological polar surface area (TPSA) is 64.4 Å². The second-order valence-corrected chi connectivity index (χ2v) is 5.54. The molecule has 1 aliphatic heterocycles. The first-order valence-electron chi connectivity index (χ1n) is 7.73. The van der Waals surface area contributed by atoms with Crippen molar-refractivity contribution in [2.24, 2.45) is 0 Å². The monoisotopic (exact) mass is 313 g/mol. The standard InChI is InChI=1S/C17H19N3O3/c21-16(12-19-10-5-9-18-17(19)22)20-11-4-6-14(20)13-23-15-7-2-1-3-8-15/h1-3,5,7-10,14H,4,6,11-13H2/t14-/m0/s1. The molecule has 120 valence electrons. The highest BCUT2D eigenvalue weighted by Crippen LogP contribution is 2.19. The summed E-state index contributed by atoms with van der Waals surface area (Å²) in [4.78, 5) is 29.6. The average molecular weight is 313 g/mol. The van der Waals surface area contributed by atoms with E-state index in [4.69, 9.17) is 4.74 Å². The molecule has 0 unspecified atom stereocenters. The van der Waals surface area contributed by atoms with Gasteiger partial charge in [0, 0.05) is 18.9 Å². The Morgan fingerprint density at radius 2 is 2.09 bits per heavy atom. The number of carbonyl (C=O) groups excluding carboxylic acids is 1. The highest BCUT2D eigenvalue weighted by atomic mass is 16.5. The van der Waals surface area contributed by atoms with Crippen LogP contribution in [0.3, 0.4) is 0 Å². The van der Waals surface area contributed by atoms with Gasteiger partial charge in [-0.1, -0.05) is 18.2 Å². The summed E-state index contributed by atoms with van der Waals surface area (Å²) >= 11 is 0. The zero-order valence-electron chi connectivity index (χ0n) is 12.8. The first-order valence-corrected chi connectivity index (χ1v) is 7.73. The number of ether oxygens (including phenoxy) is 1. The molecule has 2 aromatic rings. The molecular weight excluding hydrogens is 294 g/mol. The highest BCUT2D eigenvalue weighted by molar-refractivity contribution is 5.76. The molecular formula is C17H19N3O3. The lowest BCUT2D eigenvalue weighted by Crippen LogP contribution is -2.42. The number of aromatic nitrogens is 2. The van der Waals surface area contributed by atoms with E-state index in [9.17, 15) is 9.59 Å². The number of para-hydroxylation sites is 1. The quantitative estimate of drug-likeness (QED) is 0.835. The van der Waals surface area contributed by atoms with E-state index in [-0.39, 0.29) is 18.5 Å². The van der Waals surface area contributed by atoms with E-state index in [0.29, 0.717) is 13.2 Å². The summed E-state index contributed by atoms with van der Waals surface area (Å²) in [6.07, 6.45) is 4.88. The highest BCUT2D eigenvalue weighted by Gasteiger charge is 2.29. The van der Waals surface area contributed by atoms with Crippen molar-refractivity contribution in [2.45, 2.75) is 25.4 Å². The van der Waals surface area contributed by atoms with Crippen molar-refractivity contribution < 1.29 is 9.53 Å². The van der Waals surface area contributed by atoms with Gasteiger partial charge < -0.3 is 9.64 Å². The van der Waals surface area contributed by atoms with Gasteiger partial charge in [0.2, 0.25) is 5.91 Å². The molecule has 0 radical (unpaired) electrons. The largest absolute Gasteiger partial charge is 0.491 e. The fourth-order valence-electron chi connectivity index (χ4n) is 2.79. The van der Waals surface area contributed by atoms with Crippen LogP contribution in [0.5, 0.6) is 5.75 Å². The maximum atomic E-state index is 12.5. The van der Waals surface area contributed by atoms with E-state index in [1.807, 2.05) is 35.2 Å². The van der Waals surface area contributed by atoms with Crippen LogP contribution in [0, 0.1) is 0 Å². The van der Waals surface area contributed by atoms with E-state index in [1.54, 1.807) is 12.3 Å². The molecule has 1 atom stereocenters. The Bertz CT molecular complexity index is 714. The van der Waals surface area contributed by atoms with E-state index in [2.05, 4.69) is 4.98 Å². The Morgan fingerprint density at radius 1 is 1.26 bits per heavy atom. The molecule has 1 aliphatic rings. The maximum Gasteiger partial charge on any atom is 0.347 e. The molecule has 23 heavy (non-hydrogen) atoms.